The van der Waals surface area contributed by atoms with Crippen LogP contribution in [0.15, 0.2) is 18.2 Å². The van der Waals surface area contributed by atoms with E-state index in [-0.39, 0.29) is 5.97 Å². The second-order valence-corrected chi connectivity index (χ2v) is 6.78. The molecule has 1 fully saturated rings. The lowest BCUT2D eigenvalue weighted by Gasteiger charge is -2.36. The standard InChI is InChI=1S/C19H30N2O3/c1-14(2)5-7-17(21-11-9-20-10-12-21)16-6-8-18(24-15(3)22)19(13-16)23-4/h6,8,13-14,17,20H,5,7,9-12H2,1-4H3/t17-/m0/s1. The van der Waals surface area contributed by atoms with Gasteiger partial charge < -0.3 is 14.8 Å². The summed E-state index contributed by atoms with van der Waals surface area (Å²) in [5.74, 6) is 1.45. The number of nitrogens with zero attached hydrogens (tertiary/aromatic N) is 1. The maximum atomic E-state index is 11.2. The van der Waals surface area contributed by atoms with Crippen molar-refractivity contribution in [2.45, 2.75) is 39.7 Å². The minimum atomic E-state index is -0.334. The van der Waals surface area contributed by atoms with Crippen LogP contribution in [0.2, 0.25) is 0 Å². The lowest BCUT2D eigenvalue weighted by atomic mass is 9.95. The molecule has 1 heterocycles. The Morgan fingerprint density at radius 1 is 1.21 bits per heavy atom. The smallest absolute Gasteiger partial charge is 0.308 e. The molecule has 1 aromatic carbocycles. The number of piperazine rings is 1. The second-order valence-electron chi connectivity index (χ2n) is 6.78. The van der Waals surface area contributed by atoms with Crippen molar-refractivity contribution in [3.63, 3.8) is 0 Å². The normalized spacial score (nSPS) is 16.9. The first-order chi connectivity index (χ1) is 11.5. The molecule has 1 N–H and O–H groups in total. The summed E-state index contributed by atoms with van der Waals surface area (Å²) < 4.78 is 10.7. The van der Waals surface area contributed by atoms with E-state index in [1.165, 1.54) is 18.9 Å². The van der Waals surface area contributed by atoms with Crippen LogP contribution in [0.5, 0.6) is 11.5 Å². The Bertz CT molecular complexity index is 539. The molecular formula is C19H30N2O3. The van der Waals surface area contributed by atoms with E-state index in [1.807, 2.05) is 12.1 Å². The fourth-order valence-electron chi connectivity index (χ4n) is 3.18. The largest absolute Gasteiger partial charge is 0.493 e. The third-order valence-corrected chi connectivity index (χ3v) is 4.44. The van der Waals surface area contributed by atoms with Gasteiger partial charge in [0.2, 0.25) is 0 Å². The van der Waals surface area contributed by atoms with Crippen LogP contribution in [0.1, 0.15) is 45.2 Å². The van der Waals surface area contributed by atoms with Gasteiger partial charge in [-0.05, 0) is 36.5 Å². The number of carbonyl (C=O) groups excluding carboxylic acids is 1. The van der Waals surface area contributed by atoms with E-state index >= 15 is 0 Å². The molecule has 0 radical (unpaired) electrons. The molecule has 0 saturated carbocycles. The van der Waals surface area contributed by atoms with Crippen molar-refractivity contribution in [3.05, 3.63) is 23.8 Å². The van der Waals surface area contributed by atoms with Gasteiger partial charge in [-0.1, -0.05) is 19.9 Å². The fraction of sp³-hybridized carbons (Fsp3) is 0.632. The van der Waals surface area contributed by atoms with Crippen LogP contribution in [0.4, 0.5) is 0 Å². The first-order valence-corrected chi connectivity index (χ1v) is 8.82. The van der Waals surface area contributed by atoms with E-state index < -0.39 is 0 Å². The molecule has 1 atom stereocenters. The predicted molar refractivity (Wildman–Crippen MR) is 95.6 cm³/mol. The van der Waals surface area contributed by atoms with Gasteiger partial charge in [0.25, 0.3) is 0 Å². The molecule has 0 amide bonds. The monoisotopic (exact) mass is 334 g/mol. The number of ether oxygens (including phenoxy) is 2. The molecule has 134 valence electrons. The summed E-state index contributed by atoms with van der Waals surface area (Å²) in [5.41, 5.74) is 1.23. The summed E-state index contributed by atoms with van der Waals surface area (Å²) in [6.45, 7) is 10.1. The second kappa shape index (κ2) is 9.04. The van der Waals surface area contributed by atoms with Crippen molar-refractivity contribution >= 4 is 5.97 Å². The van der Waals surface area contributed by atoms with Gasteiger partial charge in [-0.3, -0.25) is 9.69 Å². The molecule has 24 heavy (non-hydrogen) atoms. The number of hydrogen-bond donors (Lipinski definition) is 1. The van der Waals surface area contributed by atoms with Crippen molar-refractivity contribution in [1.29, 1.82) is 0 Å². The van der Waals surface area contributed by atoms with Crippen LogP contribution >= 0.6 is 0 Å². The zero-order chi connectivity index (χ0) is 17.5. The summed E-state index contributed by atoms with van der Waals surface area (Å²) in [5, 5.41) is 3.42. The third kappa shape index (κ3) is 5.21. The molecule has 1 aliphatic rings. The molecule has 5 nitrogen and oxygen atoms in total. The fourth-order valence-corrected chi connectivity index (χ4v) is 3.18. The average molecular weight is 334 g/mol. The first kappa shape index (κ1) is 18.7. The quantitative estimate of drug-likeness (QED) is 0.614. The molecule has 5 heteroatoms. The van der Waals surface area contributed by atoms with Gasteiger partial charge in [0.1, 0.15) is 0 Å². The van der Waals surface area contributed by atoms with Gasteiger partial charge >= 0.3 is 5.97 Å². The molecule has 1 aromatic rings. The number of carbonyl (C=O) groups is 1. The molecule has 0 aromatic heterocycles. The number of esters is 1. The maximum absolute atomic E-state index is 11.2. The van der Waals surface area contributed by atoms with Crippen LogP contribution in [0.25, 0.3) is 0 Å². The van der Waals surface area contributed by atoms with Gasteiger partial charge in [0, 0.05) is 39.1 Å². The van der Waals surface area contributed by atoms with E-state index in [0.29, 0.717) is 23.5 Å². The lowest BCUT2D eigenvalue weighted by molar-refractivity contribution is -0.132. The molecular weight excluding hydrogens is 304 g/mol. The molecule has 1 aliphatic heterocycles. The van der Waals surface area contributed by atoms with Crippen molar-refractivity contribution in [1.82, 2.24) is 10.2 Å². The predicted octanol–water partition coefficient (Wildman–Crippen LogP) is 3.00. The Labute approximate surface area is 145 Å². The topological polar surface area (TPSA) is 50.8 Å². The SMILES string of the molecule is COc1cc([C@H](CCC(C)C)N2CCNCC2)ccc1OC(C)=O. The molecule has 2 rings (SSSR count). The average Bonchev–Trinajstić information content (AvgIpc) is 2.56. The highest BCUT2D eigenvalue weighted by atomic mass is 16.6. The molecule has 0 unspecified atom stereocenters. The minimum absolute atomic E-state index is 0.334. The van der Waals surface area contributed by atoms with Crippen LogP contribution in [0, 0.1) is 5.92 Å². The molecule has 0 spiro atoms. The van der Waals surface area contributed by atoms with Crippen LogP contribution in [-0.4, -0.2) is 44.2 Å². The summed E-state index contributed by atoms with van der Waals surface area (Å²) in [6, 6.07) is 6.30. The van der Waals surface area contributed by atoms with Gasteiger partial charge in [-0.2, -0.15) is 0 Å². The summed E-state index contributed by atoms with van der Waals surface area (Å²) >= 11 is 0. The Morgan fingerprint density at radius 3 is 2.50 bits per heavy atom. The van der Waals surface area contributed by atoms with Crippen molar-refractivity contribution in [2.24, 2.45) is 5.92 Å². The Kier molecular flexibility index (Phi) is 7.06. The van der Waals surface area contributed by atoms with Gasteiger partial charge in [0.05, 0.1) is 7.11 Å². The van der Waals surface area contributed by atoms with E-state index in [9.17, 15) is 4.79 Å². The third-order valence-electron chi connectivity index (χ3n) is 4.44. The van der Waals surface area contributed by atoms with Crippen molar-refractivity contribution in [3.8, 4) is 11.5 Å². The van der Waals surface area contributed by atoms with Crippen molar-refractivity contribution < 1.29 is 14.3 Å². The van der Waals surface area contributed by atoms with E-state index in [0.717, 1.165) is 32.6 Å². The summed E-state index contributed by atoms with van der Waals surface area (Å²) in [4.78, 5) is 13.8. The lowest BCUT2D eigenvalue weighted by Crippen LogP contribution is -2.45. The van der Waals surface area contributed by atoms with Crippen molar-refractivity contribution in [2.75, 3.05) is 33.3 Å². The molecule has 0 aliphatic carbocycles. The Hall–Kier alpha value is -1.59. The number of methoxy groups -OCH3 is 1. The van der Waals surface area contributed by atoms with Crippen LogP contribution < -0.4 is 14.8 Å². The van der Waals surface area contributed by atoms with E-state index in [2.05, 4.69) is 30.1 Å². The highest BCUT2D eigenvalue weighted by Crippen LogP contribution is 2.35. The highest BCUT2D eigenvalue weighted by Gasteiger charge is 2.23. The summed E-state index contributed by atoms with van der Waals surface area (Å²) in [6.07, 6.45) is 2.30. The minimum Gasteiger partial charge on any atom is -0.493 e. The molecule has 1 saturated heterocycles. The van der Waals surface area contributed by atoms with E-state index in [1.54, 1.807) is 7.11 Å². The number of nitrogens with one attached hydrogen (secondary N) is 1. The number of benzene rings is 1. The van der Waals surface area contributed by atoms with Gasteiger partial charge in [-0.15, -0.1) is 0 Å². The Morgan fingerprint density at radius 2 is 1.92 bits per heavy atom. The zero-order valence-electron chi connectivity index (χ0n) is 15.3. The molecule has 0 bridgehead atoms. The van der Waals surface area contributed by atoms with Crippen LogP contribution in [-0.2, 0) is 4.79 Å². The van der Waals surface area contributed by atoms with Crippen LogP contribution in [0.3, 0.4) is 0 Å². The van der Waals surface area contributed by atoms with Gasteiger partial charge in [-0.25, -0.2) is 0 Å². The first-order valence-electron chi connectivity index (χ1n) is 8.82. The summed E-state index contributed by atoms with van der Waals surface area (Å²) in [7, 11) is 1.61. The number of rotatable bonds is 7. The van der Waals surface area contributed by atoms with Gasteiger partial charge in [0.15, 0.2) is 11.5 Å². The zero-order valence-corrected chi connectivity index (χ0v) is 15.3. The maximum Gasteiger partial charge on any atom is 0.308 e. The highest BCUT2D eigenvalue weighted by molar-refractivity contribution is 5.70. The number of hydrogen-bond acceptors (Lipinski definition) is 5. The Balaban J connectivity index is 2.24. The van der Waals surface area contributed by atoms with E-state index in [4.69, 9.17) is 9.47 Å².